The van der Waals surface area contributed by atoms with Gasteiger partial charge in [0.15, 0.2) is 0 Å². The van der Waals surface area contributed by atoms with Crippen molar-refractivity contribution in [3.63, 3.8) is 0 Å². The molecule has 0 spiro atoms. The first-order valence-corrected chi connectivity index (χ1v) is 25.8. The zero-order valence-electron chi connectivity index (χ0n) is 15.0. The Morgan fingerprint density at radius 3 is 1.55 bits per heavy atom. The van der Waals surface area contributed by atoms with Crippen molar-refractivity contribution in [2.24, 2.45) is 0 Å². The van der Waals surface area contributed by atoms with Crippen molar-refractivity contribution in [1.82, 2.24) is 0 Å². The number of esters is 1. The summed E-state index contributed by atoms with van der Waals surface area (Å²) in [5, 5.41) is -0.223. The quantitative estimate of drug-likeness (QED) is 0.479. The number of hydrogen-bond acceptors (Lipinski definition) is 2. The Bertz CT molecular complexity index is 424. The summed E-state index contributed by atoms with van der Waals surface area (Å²) < 4.78 is 8.79. The molecule has 1 aliphatic carbocycles. The van der Waals surface area contributed by atoms with Crippen LogP contribution in [0.15, 0.2) is 8.81 Å². The Kier molecular flexibility index (Phi) is 4.92. The van der Waals surface area contributed by atoms with E-state index < -0.39 is 34.6 Å². The molecule has 0 atom stereocenters. The molecule has 0 aromatic rings. The van der Waals surface area contributed by atoms with Gasteiger partial charge in [-0.2, -0.15) is 0 Å². The third-order valence-corrected chi connectivity index (χ3v) is 18.2. The molecule has 0 fully saturated rings. The predicted molar refractivity (Wildman–Crippen MR) is 96.4 cm³/mol. The fourth-order valence-corrected chi connectivity index (χ4v) is 33.2. The normalized spacial score (nSPS) is 19.1. The van der Waals surface area contributed by atoms with Crippen molar-refractivity contribution in [2.45, 2.75) is 66.1 Å². The maximum atomic E-state index is 12.9. The average molecular weight is 418 g/mol. The van der Waals surface area contributed by atoms with E-state index in [2.05, 4.69) is 54.2 Å². The van der Waals surface area contributed by atoms with Crippen LogP contribution in [-0.4, -0.2) is 47.2 Å². The number of rotatable bonds is 5. The van der Waals surface area contributed by atoms with Crippen LogP contribution in [0.3, 0.4) is 0 Å². The first kappa shape index (κ1) is 18.6. The van der Waals surface area contributed by atoms with Crippen LogP contribution in [0.5, 0.6) is 0 Å². The summed E-state index contributed by atoms with van der Waals surface area (Å²) in [6, 6.07) is 0. The Hall–Kier alpha value is 0.513. The molecule has 0 aromatic carbocycles. The second kappa shape index (κ2) is 5.30. The van der Waals surface area contributed by atoms with E-state index in [0.29, 0.717) is 6.61 Å². The van der Waals surface area contributed by atoms with Crippen LogP contribution in [0, 0.1) is 0 Å². The van der Waals surface area contributed by atoms with E-state index in [1.165, 1.54) is 0 Å². The molecule has 0 aliphatic heterocycles. The summed E-state index contributed by atoms with van der Waals surface area (Å²) in [7, 11) is -1.67. The van der Waals surface area contributed by atoms with Gasteiger partial charge in [-0.3, -0.25) is 0 Å². The van der Waals surface area contributed by atoms with Gasteiger partial charge in [-0.25, -0.2) is 0 Å². The molecule has 0 unspecified atom stereocenters. The molecule has 20 heavy (non-hydrogen) atoms. The van der Waals surface area contributed by atoms with Crippen molar-refractivity contribution in [1.29, 1.82) is 0 Å². The molecule has 2 nitrogen and oxygen atoms in total. The molecule has 0 N–H and O–H groups in total. The van der Waals surface area contributed by atoms with Gasteiger partial charge in [-0.15, -0.1) is 0 Å². The predicted octanol–water partition coefficient (Wildman–Crippen LogP) is 4.69. The molecule has 1 rings (SSSR count). The van der Waals surface area contributed by atoms with Gasteiger partial charge in [0, 0.05) is 0 Å². The molecule has 0 heterocycles. The zero-order chi connectivity index (χ0) is 16.1. The Balaban J connectivity index is 3.48. The van der Waals surface area contributed by atoms with E-state index in [0.717, 1.165) is 0 Å². The molecule has 0 aromatic heterocycles. The van der Waals surface area contributed by atoms with E-state index in [9.17, 15) is 4.79 Å². The molecule has 0 bridgehead atoms. The molecule has 0 saturated heterocycles. The van der Waals surface area contributed by atoms with Crippen LogP contribution < -0.4 is 0 Å². The second-order valence-electron chi connectivity index (χ2n) is 8.97. The Morgan fingerprint density at radius 2 is 1.35 bits per heavy atom. The molecular formula is C15H32Ge2O2Si. The SMILES string of the molecule is CCOC(=O)C1([Si](C)(C)C)[C]([Ge]([CH3])([CH3])[CH3])=[C]1[Ge]([CH3])([CH3])[CH3]. The van der Waals surface area contributed by atoms with Crippen LogP contribution in [0.2, 0.25) is 59.2 Å². The van der Waals surface area contributed by atoms with Crippen molar-refractivity contribution in [3.8, 4) is 0 Å². The van der Waals surface area contributed by atoms with Gasteiger partial charge >= 0.3 is 132 Å². The van der Waals surface area contributed by atoms with Crippen LogP contribution in [0.4, 0.5) is 0 Å². The molecular weight excluding hydrogens is 385 g/mol. The first-order valence-electron chi connectivity index (χ1n) is 7.65. The molecule has 0 amide bonds. The zero-order valence-corrected chi connectivity index (χ0v) is 20.2. The van der Waals surface area contributed by atoms with Crippen LogP contribution in [0.1, 0.15) is 6.92 Å². The van der Waals surface area contributed by atoms with Crippen molar-refractivity contribution in [3.05, 3.63) is 8.81 Å². The standard InChI is InChI=1S/C15H32Ge2O2Si/c1-11-19-14(18)15(20(8,9)10)12(16(2,3)4)13(15)17(5,6)7/h11H2,1-10H3. The van der Waals surface area contributed by atoms with Crippen LogP contribution in [0.25, 0.3) is 0 Å². The maximum absolute atomic E-state index is 12.9. The second-order valence-corrected chi connectivity index (χ2v) is 35.2. The van der Waals surface area contributed by atoms with Gasteiger partial charge in [0.1, 0.15) is 0 Å². The number of ether oxygens (including phenoxy) is 1. The number of hydrogen-bond donors (Lipinski definition) is 0. The Labute approximate surface area is 131 Å². The minimum atomic E-state index is -2.01. The van der Waals surface area contributed by atoms with E-state index >= 15 is 0 Å². The van der Waals surface area contributed by atoms with Crippen LogP contribution >= 0.6 is 0 Å². The number of carbonyl (C=O) groups is 1. The summed E-state index contributed by atoms with van der Waals surface area (Å²) in [4.78, 5) is 12.9. The average Bonchev–Trinajstić information content (AvgIpc) is 2.86. The fourth-order valence-electron chi connectivity index (χ4n) is 3.66. The molecule has 0 radical (unpaired) electrons. The molecule has 116 valence electrons. The van der Waals surface area contributed by atoms with Gasteiger partial charge in [-0.1, -0.05) is 0 Å². The topological polar surface area (TPSA) is 26.3 Å². The van der Waals surface area contributed by atoms with Crippen molar-refractivity contribution >= 4 is 40.6 Å². The fraction of sp³-hybridized carbons (Fsp3) is 0.800. The van der Waals surface area contributed by atoms with Crippen LogP contribution in [-0.2, 0) is 9.53 Å². The number of carbonyl (C=O) groups excluding carboxylic acids is 1. The van der Waals surface area contributed by atoms with E-state index in [1.807, 2.05) is 6.92 Å². The summed E-state index contributed by atoms with van der Waals surface area (Å²) >= 11 is -4.03. The van der Waals surface area contributed by atoms with E-state index in [-0.39, 0.29) is 11.0 Å². The van der Waals surface area contributed by atoms with E-state index in [4.69, 9.17) is 4.74 Å². The first-order chi connectivity index (χ1) is 8.72. The third kappa shape index (κ3) is 2.87. The third-order valence-electron chi connectivity index (χ3n) is 4.14. The Morgan fingerprint density at radius 1 is 1.00 bits per heavy atom. The van der Waals surface area contributed by atoms with Crippen molar-refractivity contribution in [2.75, 3.05) is 6.61 Å². The van der Waals surface area contributed by atoms with E-state index in [1.54, 1.807) is 8.81 Å². The van der Waals surface area contributed by atoms with Gasteiger partial charge < -0.3 is 0 Å². The van der Waals surface area contributed by atoms with Gasteiger partial charge in [-0.05, 0) is 0 Å². The molecule has 5 heteroatoms. The summed E-state index contributed by atoms with van der Waals surface area (Å²) in [6.07, 6.45) is 0. The van der Waals surface area contributed by atoms with Crippen molar-refractivity contribution < 1.29 is 9.53 Å². The van der Waals surface area contributed by atoms with Gasteiger partial charge in [0.25, 0.3) is 0 Å². The summed E-state index contributed by atoms with van der Waals surface area (Å²) in [5.74, 6) is 14.7. The summed E-state index contributed by atoms with van der Waals surface area (Å²) in [6.45, 7) is 9.46. The molecule has 1 aliphatic rings. The minimum absolute atomic E-state index is 0.0882. The monoisotopic (exact) mass is 420 g/mol. The molecule has 0 saturated carbocycles. The van der Waals surface area contributed by atoms with Gasteiger partial charge in [0.05, 0.1) is 0 Å². The summed E-state index contributed by atoms with van der Waals surface area (Å²) in [5.41, 5.74) is 0. The van der Waals surface area contributed by atoms with Gasteiger partial charge in [0.2, 0.25) is 0 Å².